The molecular weight excluding hydrogens is 472 g/mol. The summed E-state index contributed by atoms with van der Waals surface area (Å²) in [7, 11) is 0. The summed E-state index contributed by atoms with van der Waals surface area (Å²) >= 11 is 10.8. The number of benzene rings is 2. The fourth-order valence-electron chi connectivity index (χ4n) is 2.59. The second-order valence-corrected chi connectivity index (χ2v) is 9.29. The Morgan fingerprint density at radius 3 is 2.31 bits per heavy atom. The van der Waals surface area contributed by atoms with E-state index in [9.17, 15) is 9.59 Å². The highest BCUT2D eigenvalue weighted by atomic mass is 79.9. The first-order chi connectivity index (χ1) is 13.8. The second kappa shape index (κ2) is 11.6. The molecule has 2 amide bonds. The number of nitrogens with zero attached hydrogens (tertiary/aromatic N) is 1. The van der Waals surface area contributed by atoms with E-state index in [1.807, 2.05) is 50.2 Å². The van der Waals surface area contributed by atoms with Crippen LogP contribution in [0.25, 0.3) is 0 Å². The van der Waals surface area contributed by atoms with Gasteiger partial charge in [0.1, 0.15) is 6.04 Å². The van der Waals surface area contributed by atoms with Crippen molar-refractivity contribution in [3.63, 3.8) is 0 Å². The molecule has 0 radical (unpaired) electrons. The van der Waals surface area contributed by atoms with Crippen LogP contribution >= 0.6 is 39.3 Å². The number of amides is 2. The van der Waals surface area contributed by atoms with Crippen molar-refractivity contribution in [3.8, 4) is 0 Å². The number of hydrogen-bond acceptors (Lipinski definition) is 3. The number of thioether (sulfide) groups is 1. The van der Waals surface area contributed by atoms with Gasteiger partial charge in [0, 0.05) is 27.0 Å². The summed E-state index contributed by atoms with van der Waals surface area (Å²) in [6, 6.07) is 14.7. The molecule has 29 heavy (non-hydrogen) atoms. The highest BCUT2D eigenvalue weighted by molar-refractivity contribution is 9.10. The summed E-state index contributed by atoms with van der Waals surface area (Å²) in [4.78, 5) is 28.3. The quantitative estimate of drug-likeness (QED) is 0.464. The lowest BCUT2D eigenvalue weighted by molar-refractivity contribution is -0.138. The average molecular weight is 498 g/mol. The largest absolute Gasteiger partial charge is 0.352 e. The summed E-state index contributed by atoms with van der Waals surface area (Å²) < 4.78 is 0.972. The third kappa shape index (κ3) is 7.68. The fraction of sp³-hybridized carbons (Fsp3) is 0.364. The van der Waals surface area contributed by atoms with Gasteiger partial charge in [-0.3, -0.25) is 9.59 Å². The van der Waals surface area contributed by atoms with Gasteiger partial charge in [-0.1, -0.05) is 46.6 Å². The van der Waals surface area contributed by atoms with Crippen molar-refractivity contribution in [1.29, 1.82) is 0 Å². The molecular formula is C22H26BrClN2O2S. The number of rotatable bonds is 9. The van der Waals surface area contributed by atoms with Crippen molar-refractivity contribution in [2.75, 3.05) is 5.75 Å². The van der Waals surface area contributed by atoms with Gasteiger partial charge in [0.15, 0.2) is 0 Å². The van der Waals surface area contributed by atoms with Crippen molar-refractivity contribution < 1.29 is 9.59 Å². The third-order valence-electron chi connectivity index (χ3n) is 4.61. The number of halogens is 2. The van der Waals surface area contributed by atoms with E-state index >= 15 is 0 Å². The maximum absolute atomic E-state index is 13.0. The monoisotopic (exact) mass is 496 g/mol. The second-order valence-electron chi connectivity index (χ2n) is 6.88. The predicted molar refractivity (Wildman–Crippen MR) is 124 cm³/mol. The van der Waals surface area contributed by atoms with E-state index in [-0.39, 0.29) is 23.6 Å². The summed E-state index contributed by atoms with van der Waals surface area (Å²) in [5.41, 5.74) is 0.973. The molecule has 0 aliphatic carbocycles. The van der Waals surface area contributed by atoms with Crippen LogP contribution in [0.15, 0.2) is 57.9 Å². The van der Waals surface area contributed by atoms with Crippen LogP contribution in [0.3, 0.4) is 0 Å². The first-order valence-corrected chi connectivity index (χ1v) is 11.7. The normalized spacial score (nSPS) is 12.9. The highest BCUT2D eigenvalue weighted by Crippen LogP contribution is 2.22. The highest BCUT2D eigenvalue weighted by Gasteiger charge is 2.26. The molecule has 2 rings (SSSR count). The van der Waals surface area contributed by atoms with E-state index in [0.29, 0.717) is 11.6 Å². The van der Waals surface area contributed by atoms with E-state index in [1.165, 1.54) is 11.8 Å². The summed E-state index contributed by atoms with van der Waals surface area (Å²) in [5.74, 6) is 0.0278. The molecule has 0 saturated heterocycles. The summed E-state index contributed by atoms with van der Waals surface area (Å²) in [5, 5.41) is 3.64. The number of nitrogens with one attached hydrogen (secondary N) is 1. The molecule has 0 saturated carbocycles. The Balaban J connectivity index is 2.13. The Labute approximate surface area is 190 Å². The van der Waals surface area contributed by atoms with Crippen LogP contribution in [0.2, 0.25) is 5.02 Å². The average Bonchev–Trinajstić information content (AvgIpc) is 2.72. The van der Waals surface area contributed by atoms with Gasteiger partial charge in [-0.2, -0.15) is 0 Å². The molecule has 156 valence electrons. The molecule has 0 aliphatic rings. The Kier molecular flexibility index (Phi) is 9.53. The minimum Gasteiger partial charge on any atom is -0.352 e. The first kappa shape index (κ1) is 23.8. The van der Waals surface area contributed by atoms with Gasteiger partial charge < -0.3 is 10.2 Å². The van der Waals surface area contributed by atoms with Crippen molar-refractivity contribution in [2.45, 2.75) is 50.7 Å². The van der Waals surface area contributed by atoms with E-state index in [1.54, 1.807) is 24.0 Å². The van der Waals surface area contributed by atoms with Crippen molar-refractivity contribution in [3.05, 3.63) is 63.6 Å². The molecule has 7 heteroatoms. The lowest BCUT2D eigenvalue weighted by atomic mass is 10.1. The Morgan fingerprint density at radius 1 is 1.10 bits per heavy atom. The zero-order valence-corrected chi connectivity index (χ0v) is 20.0. The minimum absolute atomic E-state index is 0.0676. The van der Waals surface area contributed by atoms with Crippen LogP contribution < -0.4 is 5.32 Å². The van der Waals surface area contributed by atoms with Gasteiger partial charge in [0.2, 0.25) is 11.8 Å². The molecule has 0 aromatic heterocycles. The number of hydrogen-bond donors (Lipinski definition) is 1. The van der Waals surface area contributed by atoms with Crippen molar-refractivity contribution in [2.24, 2.45) is 0 Å². The van der Waals surface area contributed by atoms with Crippen LogP contribution in [0.4, 0.5) is 0 Å². The molecule has 0 spiro atoms. The number of carbonyl (C=O) groups excluding carboxylic acids is 2. The Morgan fingerprint density at radius 2 is 1.72 bits per heavy atom. The first-order valence-electron chi connectivity index (χ1n) is 9.52. The lowest BCUT2D eigenvalue weighted by Gasteiger charge is -2.29. The molecule has 0 fully saturated rings. The van der Waals surface area contributed by atoms with Crippen molar-refractivity contribution >= 4 is 51.1 Å². The summed E-state index contributed by atoms with van der Waals surface area (Å²) in [6.07, 6.45) is 0.839. The predicted octanol–water partition coefficient (Wildman–Crippen LogP) is 5.53. The standard InChI is InChI=1S/C22H26BrClN2O2S/c1-4-15(2)25-22(28)16(3)26(13-17-5-7-18(23)8-6-17)21(27)14-29-20-11-9-19(24)10-12-20/h5-12,15-16H,4,13-14H2,1-3H3,(H,25,28)/t15-,16-/m0/s1. The zero-order chi connectivity index (χ0) is 21.4. The molecule has 2 aromatic rings. The van der Waals surface area contributed by atoms with Gasteiger partial charge in [-0.15, -0.1) is 11.8 Å². The van der Waals surface area contributed by atoms with Crippen LogP contribution in [0.5, 0.6) is 0 Å². The van der Waals surface area contributed by atoms with Gasteiger partial charge >= 0.3 is 0 Å². The smallest absolute Gasteiger partial charge is 0.242 e. The van der Waals surface area contributed by atoms with E-state index in [0.717, 1.165) is 21.4 Å². The molecule has 2 aromatic carbocycles. The van der Waals surface area contributed by atoms with E-state index < -0.39 is 6.04 Å². The molecule has 0 bridgehead atoms. The van der Waals surface area contributed by atoms with Gasteiger partial charge in [-0.25, -0.2) is 0 Å². The SMILES string of the molecule is CC[C@H](C)NC(=O)[C@H](C)N(Cc1ccc(Br)cc1)C(=O)CSc1ccc(Cl)cc1. The maximum Gasteiger partial charge on any atom is 0.242 e. The Bertz CT molecular complexity index is 815. The van der Waals surface area contributed by atoms with Crippen LogP contribution in [0.1, 0.15) is 32.8 Å². The molecule has 0 unspecified atom stereocenters. The maximum atomic E-state index is 13.0. The zero-order valence-electron chi connectivity index (χ0n) is 16.8. The van der Waals surface area contributed by atoms with Gasteiger partial charge in [-0.05, 0) is 62.2 Å². The third-order valence-corrected chi connectivity index (χ3v) is 6.39. The van der Waals surface area contributed by atoms with Crippen LogP contribution in [0, 0.1) is 0 Å². The topological polar surface area (TPSA) is 49.4 Å². The molecule has 1 N–H and O–H groups in total. The van der Waals surface area contributed by atoms with Crippen LogP contribution in [-0.2, 0) is 16.1 Å². The molecule has 2 atom stereocenters. The molecule has 0 aliphatic heterocycles. The number of carbonyl (C=O) groups is 2. The Hall–Kier alpha value is -1.50. The van der Waals surface area contributed by atoms with Gasteiger partial charge in [0.05, 0.1) is 5.75 Å². The lowest BCUT2D eigenvalue weighted by Crippen LogP contribution is -2.50. The van der Waals surface area contributed by atoms with Crippen molar-refractivity contribution in [1.82, 2.24) is 10.2 Å². The summed E-state index contributed by atoms with van der Waals surface area (Å²) in [6.45, 7) is 6.13. The fourth-order valence-corrected chi connectivity index (χ4v) is 3.77. The van der Waals surface area contributed by atoms with E-state index in [2.05, 4.69) is 21.2 Å². The molecule has 4 nitrogen and oxygen atoms in total. The molecule has 0 heterocycles. The van der Waals surface area contributed by atoms with Crippen LogP contribution in [-0.4, -0.2) is 34.6 Å². The minimum atomic E-state index is -0.564. The van der Waals surface area contributed by atoms with Gasteiger partial charge in [0.25, 0.3) is 0 Å². The van der Waals surface area contributed by atoms with E-state index in [4.69, 9.17) is 11.6 Å².